The van der Waals surface area contributed by atoms with Gasteiger partial charge in [0.2, 0.25) is 0 Å². The molecule has 0 aromatic rings. The molecule has 126 valence electrons. The summed E-state index contributed by atoms with van der Waals surface area (Å²) in [6.07, 6.45) is 14.2. The number of ketones is 1. The van der Waals surface area contributed by atoms with E-state index in [4.69, 9.17) is 5.11 Å². The lowest BCUT2D eigenvalue weighted by Crippen LogP contribution is -2.01. The minimum Gasteiger partial charge on any atom is -0.481 e. The molecule has 0 saturated heterocycles. The smallest absolute Gasteiger partial charge is 0.303 e. The first kappa shape index (κ1) is 20.6. The molecule has 0 aliphatic heterocycles. The zero-order valence-corrected chi connectivity index (χ0v) is 13.7. The van der Waals surface area contributed by atoms with E-state index < -0.39 is 12.1 Å². The van der Waals surface area contributed by atoms with Crippen LogP contribution in [0.5, 0.6) is 0 Å². The third kappa shape index (κ3) is 15.0. The summed E-state index contributed by atoms with van der Waals surface area (Å²) in [5.74, 6) is -0.748. The number of aliphatic hydroxyl groups excluding tert-OH is 1. The molecule has 0 spiro atoms. The van der Waals surface area contributed by atoms with Crippen LogP contribution < -0.4 is 0 Å². The number of aliphatic hydroxyl groups is 1. The third-order valence-electron chi connectivity index (χ3n) is 3.39. The molecule has 0 radical (unpaired) electrons. The van der Waals surface area contributed by atoms with Gasteiger partial charge in [0.25, 0.3) is 0 Å². The predicted molar refractivity (Wildman–Crippen MR) is 88.8 cm³/mol. The summed E-state index contributed by atoms with van der Waals surface area (Å²) in [5.41, 5.74) is 0. The number of carbonyl (C=O) groups excluding carboxylic acids is 1. The summed E-state index contributed by atoms with van der Waals surface area (Å²) in [4.78, 5) is 21.8. The minimum absolute atomic E-state index is 0.0393. The number of aliphatic carboxylic acids is 1. The van der Waals surface area contributed by atoms with Crippen molar-refractivity contribution in [2.45, 2.75) is 77.2 Å². The molecule has 1 atom stereocenters. The molecule has 22 heavy (non-hydrogen) atoms. The Balaban J connectivity index is 3.66. The number of rotatable bonds is 14. The lowest BCUT2D eigenvalue weighted by molar-refractivity contribution is -0.137. The van der Waals surface area contributed by atoms with Gasteiger partial charge in [-0.15, -0.1) is 0 Å². The normalized spacial score (nSPS) is 13.0. The number of hydrogen-bond donors (Lipinski definition) is 2. The van der Waals surface area contributed by atoms with Gasteiger partial charge in [-0.1, -0.05) is 57.3 Å². The van der Waals surface area contributed by atoms with Crippen molar-refractivity contribution in [1.82, 2.24) is 0 Å². The molecule has 2 N–H and O–H groups in total. The van der Waals surface area contributed by atoms with Crippen molar-refractivity contribution in [1.29, 1.82) is 0 Å². The van der Waals surface area contributed by atoms with Crippen molar-refractivity contribution >= 4 is 11.8 Å². The van der Waals surface area contributed by atoms with Gasteiger partial charge in [-0.05, 0) is 25.3 Å². The highest BCUT2D eigenvalue weighted by molar-refractivity contribution is 5.89. The monoisotopic (exact) mass is 310 g/mol. The summed E-state index contributed by atoms with van der Waals surface area (Å²) in [6.45, 7) is 2.16. The molecule has 0 bridgehead atoms. The van der Waals surface area contributed by atoms with Crippen LogP contribution in [0.1, 0.15) is 71.1 Å². The third-order valence-corrected chi connectivity index (χ3v) is 3.39. The molecule has 4 nitrogen and oxygen atoms in total. The maximum absolute atomic E-state index is 11.5. The van der Waals surface area contributed by atoms with E-state index >= 15 is 0 Å². The molecular weight excluding hydrogens is 280 g/mol. The summed E-state index contributed by atoms with van der Waals surface area (Å²) >= 11 is 0. The van der Waals surface area contributed by atoms with Crippen molar-refractivity contribution in [2.75, 3.05) is 0 Å². The van der Waals surface area contributed by atoms with E-state index in [1.165, 1.54) is 18.9 Å². The molecule has 0 saturated carbocycles. The van der Waals surface area contributed by atoms with E-state index in [-0.39, 0.29) is 12.2 Å². The Hall–Kier alpha value is -1.42. The molecular formula is C18H30O4. The average molecular weight is 310 g/mol. The van der Waals surface area contributed by atoms with Crippen molar-refractivity contribution < 1.29 is 19.8 Å². The second-order valence-electron chi connectivity index (χ2n) is 5.58. The van der Waals surface area contributed by atoms with Crippen LogP contribution in [0.3, 0.4) is 0 Å². The van der Waals surface area contributed by atoms with Gasteiger partial charge in [-0.3, -0.25) is 9.59 Å². The molecule has 0 aliphatic rings. The average Bonchev–Trinajstić information content (AvgIpc) is 2.47. The molecule has 0 fully saturated rings. The van der Waals surface area contributed by atoms with Gasteiger partial charge in [-0.2, -0.15) is 0 Å². The first-order valence-electron chi connectivity index (χ1n) is 8.33. The van der Waals surface area contributed by atoms with E-state index in [1.54, 1.807) is 18.2 Å². The summed E-state index contributed by atoms with van der Waals surface area (Å²) in [7, 11) is 0. The number of carboxylic acid groups (broad SMARTS) is 1. The van der Waals surface area contributed by atoms with E-state index in [0.717, 1.165) is 32.1 Å². The number of carboxylic acids is 1. The lowest BCUT2D eigenvalue weighted by atomic mass is 10.1. The van der Waals surface area contributed by atoms with Crippen molar-refractivity contribution in [3.8, 4) is 0 Å². The summed E-state index contributed by atoms with van der Waals surface area (Å²) < 4.78 is 0. The van der Waals surface area contributed by atoms with E-state index in [2.05, 4.69) is 6.92 Å². The Morgan fingerprint density at radius 3 is 2.32 bits per heavy atom. The Kier molecular flexibility index (Phi) is 13.6. The van der Waals surface area contributed by atoms with Crippen LogP contribution in [0.15, 0.2) is 24.3 Å². The topological polar surface area (TPSA) is 74.6 Å². The van der Waals surface area contributed by atoms with Crippen LogP contribution in [-0.4, -0.2) is 28.1 Å². The standard InChI is InChI=1S/C18H30O4/c1-2-3-4-6-11-16(19)13-9-10-14-17(20)12-7-5-8-15-18(21)22/h9-10,13-14,16,19H,2-8,11-12,15H2,1H3,(H,21,22)/b13-9+,14-10+/t16-/m1/s1. The van der Waals surface area contributed by atoms with E-state index in [1.807, 2.05) is 0 Å². The highest BCUT2D eigenvalue weighted by atomic mass is 16.4. The molecule has 0 rings (SSSR count). The second-order valence-corrected chi connectivity index (χ2v) is 5.58. The van der Waals surface area contributed by atoms with Crippen LogP contribution in [0.2, 0.25) is 0 Å². The van der Waals surface area contributed by atoms with E-state index in [9.17, 15) is 14.7 Å². The lowest BCUT2D eigenvalue weighted by Gasteiger charge is -2.03. The van der Waals surface area contributed by atoms with Crippen molar-refractivity contribution in [3.63, 3.8) is 0 Å². The van der Waals surface area contributed by atoms with Crippen molar-refractivity contribution in [3.05, 3.63) is 24.3 Å². The van der Waals surface area contributed by atoms with Gasteiger partial charge in [-0.25, -0.2) is 0 Å². The van der Waals surface area contributed by atoms with Gasteiger partial charge in [0.15, 0.2) is 5.78 Å². The van der Waals surface area contributed by atoms with Gasteiger partial charge in [0, 0.05) is 12.8 Å². The first-order valence-corrected chi connectivity index (χ1v) is 8.33. The first-order chi connectivity index (χ1) is 10.6. The van der Waals surface area contributed by atoms with Gasteiger partial charge in [0.05, 0.1) is 6.10 Å². The Morgan fingerprint density at radius 1 is 0.955 bits per heavy atom. The number of hydrogen-bond acceptors (Lipinski definition) is 3. The van der Waals surface area contributed by atoms with Crippen LogP contribution >= 0.6 is 0 Å². The number of carbonyl (C=O) groups is 2. The molecule has 0 aromatic carbocycles. The molecule has 0 aliphatic carbocycles. The highest BCUT2D eigenvalue weighted by Crippen LogP contribution is 2.07. The summed E-state index contributed by atoms with van der Waals surface area (Å²) in [6, 6.07) is 0. The second kappa shape index (κ2) is 14.5. The zero-order valence-electron chi connectivity index (χ0n) is 13.7. The highest BCUT2D eigenvalue weighted by Gasteiger charge is 2.00. The zero-order chi connectivity index (χ0) is 16.6. The molecule has 0 aromatic heterocycles. The van der Waals surface area contributed by atoms with Crippen LogP contribution in [0, 0.1) is 0 Å². The minimum atomic E-state index is -0.787. The quantitative estimate of drug-likeness (QED) is 0.288. The maximum Gasteiger partial charge on any atom is 0.303 e. The van der Waals surface area contributed by atoms with Crippen LogP contribution in [0.25, 0.3) is 0 Å². The maximum atomic E-state index is 11.5. The Morgan fingerprint density at radius 2 is 1.64 bits per heavy atom. The largest absolute Gasteiger partial charge is 0.481 e. The summed E-state index contributed by atoms with van der Waals surface area (Å²) in [5, 5.41) is 18.2. The van der Waals surface area contributed by atoms with Crippen LogP contribution in [0.4, 0.5) is 0 Å². The van der Waals surface area contributed by atoms with E-state index in [0.29, 0.717) is 12.8 Å². The fourth-order valence-electron chi connectivity index (χ4n) is 2.07. The molecule has 4 heteroatoms. The van der Waals surface area contributed by atoms with Crippen molar-refractivity contribution in [2.24, 2.45) is 0 Å². The molecule has 0 unspecified atom stereocenters. The Bertz CT molecular complexity index is 358. The van der Waals surface area contributed by atoms with Crippen LogP contribution in [-0.2, 0) is 9.59 Å². The van der Waals surface area contributed by atoms with Gasteiger partial charge in [0.1, 0.15) is 0 Å². The SMILES string of the molecule is CCCCCC[C@@H](O)/C=C/C=C/C(=O)CCCCCC(=O)O. The fourth-order valence-corrected chi connectivity index (χ4v) is 2.07. The number of unbranched alkanes of at least 4 members (excludes halogenated alkanes) is 5. The molecule has 0 heterocycles. The van der Waals surface area contributed by atoms with Gasteiger partial charge < -0.3 is 10.2 Å². The van der Waals surface area contributed by atoms with Gasteiger partial charge >= 0.3 is 5.97 Å². The molecule has 0 amide bonds. The predicted octanol–water partition coefficient (Wildman–Crippen LogP) is 4.03. The fraction of sp³-hybridized carbons (Fsp3) is 0.667. The Labute approximate surface area is 133 Å². The number of allylic oxidation sites excluding steroid dienone is 3.